The largest absolute Gasteiger partial charge is 0.393 e. The molecule has 0 fully saturated rings. The lowest BCUT2D eigenvalue weighted by atomic mass is 10.0. The average Bonchev–Trinajstić information content (AvgIpc) is 2.01. The van der Waals surface area contributed by atoms with E-state index in [1.165, 1.54) is 12.1 Å². The fraction of sp³-hybridized carbons (Fsp3) is 0.400. The van der Waals surface area contributed by atoms with Gasteiger partial charge in [0.1, 0.15) is 5.82 Å². The first-order valence-electron chi connectivity index (χ1n) is 4.26. The minimum Gasteiger partial charge on any atom is -0.207 e. The first-order valence-corrected chi connectivity index (χ1v) is 4.26. The summed E-state index contributed by atoms with van der Waals surface area (Å²) in [5.74, 6) is -0.624. The van der Waals surface area contributed by atoms with Crippen LogP contribution in [0.25, 0.3) is 0 Å². The standard InChI is InChI=1S/C10H10F4/c1-2-7-3-4-9(11)5-8(7)6-10(12,13)14/h3-5H,2,6H2,1H3. The van der Waals surface area contributed by atoms with Gasteiger partial charge in [-0.3, -0.25) is 0 Å². The van der Waals surface area contributed by atoms with Crippen LogP contribution in [0.3, 0.4) is 0 Å². The van der Waals surface area contributed by atoms with E-state index in [4.69, 9.17) is 0 Å². The van der Waals surface area contributed by atoms with Gasteiger partial charge in [0.15, 0.2) is 0 Å². The number of alkyl halides is 3. The summed E-state index contributed by atoms with van der Waals surface area (Å²) in [6, 6.07) is 3.53. The van der Waals surface area contributed by atoms with Crippen molar-refractivity contribution < 1.29 is 17.6 Å². The van der Waals surface area contributed by atoms with Crippen LogP contribution in [0.4, 0.5) is 17.6 Å². The van der Waals surface area contributed by atoms with Gasteiger partial charge < -0.3 is 0 Å². The molecule has 0 nitrogen and oxygen atoms in total. The number of rotatable bonds is 2. The Morgan fingerprint density at radius 3 is 2.29 bits per heavy atom. The van der Waals surface area contributed by atoms with Crippen molar-refractivity contribution in [1.82, 2.24) is 0 Å². The maximum Gasteiger partial charge on any atom is 0.393 e. The molecule has 1 aromatic carbocycles. The molecule has 0 amide bonds. The van der Waals surface area contributed by atoms with Crippen molar-refractivity contribution in [3.8, 4) is 0 Å². The zero-order valence-corrected chi connectivity index (χ0v) is 7.66. The van der Waals surface area contributed by atoms with Gasteiger partial charge in [-0.15, -0.1) is 0 Å². The molecule has 14 heavy (non-hydrogen) atoms. The van der Waals surface area contributed by atoms with Crippen LogP contribution in [0.1, 0.15) is 18.1 Å². The van der Waals surface area contributed by atoms with Crippen LogP contribution in [0.2, 0.25) is 0 Å². The molecular weight excluding hydrogens is 196 g/mol. The van der Waals surface area contributed by atoms with Gasteiger partial charge in [0.05, 0.1) is 6.42 Å². The van der Waals surface area contributed by atoms with Crippen LogP contribution in [-0.2, 0) is 12.8 Å². The lowest BCUT2D eigenvalue weighted by Crippen LogP contribution is -2.13. The van der Waals surface area contributed by atoms with Crippen molar-refractivity contribution in [2.75, 3.05) is 0 Å². The van der Waals surface area contributed by atoms with Crippen LogP contribution in [-0.4, -0.2) is 6.18 Å². The Morgan fingerprint density at radius 1 is 1.14 bits per heavy atom. The Morgan fingerprint density at radius 2 is 1.79 bits per heavy atom. The molecule has 0 saturated heterocycles. The summed E-state index contributed by atoms with van der Waals surface area (Å²) in [4.78, 5) is 0. The van der Waals surface area contributed by atoms with Crippen LogP contribution in [0.15, 0.2) is 18.2 Å². The molecule has 0 bridgehead atoms. The highest BCUT2D eigenvalue weighted by atomic mass is 19.4. The predicted octanol–water partition coefficient (Wildman–Crippen LogP) is 3.49. The molecule has 0 unspecified atom stereocenters. The Labute approximate surface area is 79.6 Å². The maximum atomic E-state index is 12.7. The summed E-state index contributed by atoms with van der Waals surface area (Å²) in [6.07, 6.45) is -4.86. The molecule has 0 aliphatic carbocycles. The van der Waals surface area contributed by atoms with E-state index in [1.54, 1.807) is 6.92 Å². The van der Waals surface area contributed by atoms with E-state index in [2.05, 4.69) is 0 Å². The highest BCUT2D eigenvalue weighted by molar-refractivity contribution is 5.28. The molecule has 78 valence electrons. The third-order valence-corrected chi connectivity index (χ3v) is 1.94. The molecule has 0 radical (unpaired) electrons. The zero-order chi connectivity index (χ0) is 10.8. The third kappa shape index (κ3) is 3.01. The van der Waals surface area contributed by atoms with Gasteiger partial charge in [-0.1, -0.05) is 13.0 Å². The molecular formula is C10H10F4. The first-order chi connectivity index (χ1) is 6.42. The van der Waals surface area contributed by atoms with Gasteiger partial charge >= 0.3 is 6.18 Å². The molecule has 0 spiro atoms. The molecule has 0 heterocycles. The Bertz CT molecular complexity index is 314. The van der Waals surface area contributed by atoms with E-state index in [-0.39, 0.29) is 5.56 Å². The summed E-state index contributed by atoms with van der Waals surface area (Å²) < 4.78 is 48.9. The first kappa shape index (κ1) is 11.0. The second-order valence-electron chi connectivity index (χ2n) is 3.06. The maximum absolute atomic E-state index is 12.7. The van der Waals surface area contributed by atoms with E-state index in [9.17, 15) is 17.6 Å². The monoisotopic (exact) mass is 206 g/mol. The molecule has 0 atom stereocenters. The summed E-state index contributed by atoms with van der Waals surface area (Å²) in [7, 11) is 0. The highest BCUT2D eigenvalue weighted by Gasteiger charge is 2.28. The van der Waals surface area contributed by atoms with E-state index < -0.39 is 18.4 Å². The van der Waals surface area contributed by atoms with Gasteiger partial charge in [0.25, 0.3) is 0 Å². The third-order valence-electron chi connectivity index (χ3n) is 1.94. The van der Waals surface area contributed by atoms with Crippen molar-refractivity contribution >= 4 is 0 Å². The highest BCUT2D eigenvalue weighted by Crippen LogP contribution is 2.24. The number of halogens is 4. The van der Waals surface area contributed by atoms with Gasteiger partial charge in [-0.2, -0.15) is 13.2 Å². The van der Waals surface area contributed by atoms with Crippen molar-refractivity contribution in [3.05, 3.63) is 35.1 Å². The van der Waals surface area contributed by atoms with Crippen LogP contribution in [0, 0.1) is 5.82 Å². The molecule has 0 aliphatic rings. The van der Waals surface area contributed by atoms with E-state index in [1.807, 2.05) is 0 Å². The Kier molecular flexibility index (Phi) is 3.13. The van der Waals surface area contributed by atoms with E-state index in [0.717, 1.165) is 6.07 Å². The summed E-state index contributed by atoms with van der Waals surface area (Å²) in [5.41, 5.74) is 0.573. The normalized spacial score (nSPS) is 11.8. The molecule has 1 rings (SSSR count). The van der Waals surface area contributed by atoms with Crippen LogP contribution in [0.5, 0.6) is 0 Å². The number of aryl methyl sites for hydroxylation is 1. The Balaban J connectivity index is 2.99. The second kappa shape index (κ2) is 3.98. The quantitative estimate of drug-likeness (QED) is 0.650. The lowest BCUT2D eigenvalue weighted by Gasteiger charge is -2.10. The summed E-state index contributed by atoms with van der Waals surface area (Å²) >= 11 is 0. The van der Waals surface area contributed by atoms with Gasteiger partial charge in [0.2, 0.25) is 0 Å². The lowest BCUT2D eigenvalue weighted by molar-refractivity contribution is -0.127. The average molecular weight is 206 g/mol. The topological polar surface area (TPSA) is 0 Å². The molecule has 1 aromatic rings. The zero-order valence-electron chi connectivity index (χ0n) is 7.66. The van der Waals surface area contributed by atoms with Crippen LogP contribution < -0.4 is 0 Å². The molecule has 0 aliphatic heterocycles. The summed E-state index contributed by atoms with van der Waals surface area (Å²) in [6.45, 7) is 1.74. The van der Waals surface area contributed by atoms with Crippen molar-refractivity contribution in [2.24, 2.45) is 0 Å². The van der Waals surface area contributed by atoms with Crippen molar-refractivity contribution in [1.29, 1.82) is 0 Å². The molecule has 0 saturated carbocycles. The number of benzene rings is 1. The van der Waals surface area contributed by atoms with Gasteiger partial charge in [-0.05, 0) is 29.7 Å². The predicted molar refractivity (Wildman–Crippen MR) is 45.5 cm³/mol. The summed E-state index contributed by atoms with van der Waals surface area (Å²) in [5, 5.41) is 0. The number of hydrogen-bond acceptors (Lipinski definition) is 0. The van der Waals surface area contributed by atoms with Crippen LogP contribution >= 0.6 is 0 Å². The molecule has 0 N–H and O–H groups in total. The molecule has 0 aromatic heterocycles. The van der Waals surface area contributed by atoms with Crippen molar-refractivity contribution in [3.63, 3.8) is 0 Å². The fourth-order valence-electron chi connectivity index (χ4n) is 1.32. The smallest absolute Gasteiger partial charge is 0.207 e. The van der Waals surface area contributed by atoms with E-state index >= 15 is 0 Å². The number of hydrogen-bond donors (Lipinski definition) is 0. The van der Waals surface area contributed by atoms with Gasteiger partial charge in [-0.25, -0.2) is 4.39 Å². The van der Waals surface area contributed by atoms with E-state index in [0.29, 0.717) is 12.0 Å². The van der Waals surface area contributed by atoms with Crippen molar-refractivity contribution in [2.45, 2.75) is 25.9 Å². The minimum atomic E-state index is -4.28. The van der Waals surface area contributed by atoms with Gasteiger partial charge in [0, 0.05) is 0 Å². The second-order valence-corrected chi connectivity index (χ2v) is 3.06. The fourth-order valence-corrected chi connectivity index (χ4v) is 1.32. The minimum absolute atomic E-state index is 0.0278. The molecule has 4 heteroatoms. The Hall–Kier alpha value is -1.06. The SMILES string of the molecule is CCc1ccc(F)cc1CC(F)(F)F.